The first-order valence-electron chi connectivity index (χ1n) is 9.26. The van der Waals surface area contributed by atoms with Crippen molar-refractivity contribution in [1.82, 2.24) is 24.2 Å². The minimum Gasteiger partial charge on any atom is -0.355 e. The molecule has 3 aromatic rings. The molecular weight excluding hydrogens is 346 g/mol. The SMILES string of the molecule is Cc1cc(-c2snnc2C2CCN(Cc3cccn3C(C)C)CC2)on1. The Morgan fingerprint density at radius 2 is 2.12 bits per heavy atom. The largest absolute Gasteiger partial charge is 0.355 e. The number of hydrogen-bond acceptors (Lipinski definition) is 6. The number of aryl methyl sites for hydroxylation is 1. The molecule has 26 heavy (non-hydrogen) atoms. The van der Waals surface area contributed by atoms with E-state index in [0.29, 0.717) is 12.0 Å². The lowest BCUT2D eigenvalue weighted by atomic mass is 9.92. The van der Waals surface area contributed by atoms with E-state index in [9.17, 15) is 0 Å². The summed E-state index contributed by atoms with van der Waals surface area (Å²) in [7, 11) is 0. The molecule has 0 unspecified atom stereocenters. The molecule has 1 fully saturated rings. The molecule has 3 aromatic heterocycles. The first-order valence-corrected chi connectivity index (χ1v) is 10.0. The smallest absolute Gasteiger partial charge is 0.180 e. The molecule has 4 rings (SSSR count). The minimum absolute atomic E-state index is 0.447. The average molecular weight is 372 g/mol. The predicted octanol–water partition coefficient (Wildman–Crippen LogP) is 4.26. The molecule has 0 N–H and O–H groups in total. The molecule has 4 heterocycles. The molecule has 1 aliphatic heterocycles. The molecule has 0 radical (unpaired) electrons. The normalized spacial score (nSPS) is 16.6. The number of hydrogen-bond donors (Lipinski definition) is 0. The summed E-state index contributed by atoms with van der Waals surface area (Å²) < 4.78 is 12.0. The van der Waals surface area contributed by atoms with Gasteiger partial charge in [0.15, 0.2) is 5.76 Å². The van der Waals surface area contributed by atoms with E-state index in [1.54, 1.807) is 0 Å². The monoisotopic (exact) mass is 371 g/mol. The van der Waals surface area contributed by atoms with Crippen LogP contribution in [0.3, 0.4) is 0 Å². The summed E-state index contributed by atoms with van der Waals surface area (Å²) in [5, 5.41) is 8.42. The lowest BCUT2D eigenvalue weighted by Crippen LogP contribution is -2.33. The highest BCUT2D eigenvalue weighted by Gasteiger charge is 2.27. The third-order valence-corrected chi connectivity index (χ3v) is 5.90. The summed E-state index contributed by atoms with van der Waals surface area (Å²) >= 11 is 1.41. The van der Waals surface area contributed by atoms with Gasteiger partial charge in [0.2, 0.25) is 0 Å². The fraction of sp³-hybridized carbons (Fsp3) is 0.526. The topological polar surface area (TPSA) is 60.0 Å². The third kappa shape index (κ3) is 3.46. The van der Waals surface area contributed by atoms with Crippen molar-refractivity contribution in [3.8, 4) is 10.6 Å². The molecule has 0 aliphatic carbocycles. The van der Waals surface area contributed by atoms with Crippen LogP contribution in [0.15, 0.2) is 28.9 Å². The van der Waals surface area contributed by atoms with Crippen LogP contribution in [0, 0.1) is 6.92 Å². The van der Waals surface area contributed by atoms with Gasteiger partial charge in [0.1, 0.15) is 4.88 Å². The fourth-order valence-electron chi connectivity index (χ4n) is 3.77. The Balaban J connectivity index is 1.42. The maximum absolute atomic E-state index is 5.43. The van der Waals surface area contributed by atoms with Crippen LogP contribution in [0.1, 0.15) is 55.7 Å². The first kappa shape index (κ1) is 17.4. The van der Waals surface area contributed by atoms with Crippen LogP contribution >= 0.6 is 11.5 Å². The molecule has 0 amide bonds. The maximum atomic E-state index is 5.43. The second kappa shape index (κ2) is 7.32. The van der Waals surface area contributed by atoms with Crippen molar-refractivity contribution >= 4 is 11.5 Å². The lowest BCUT2D eigenvalue weighted by Gasteiger charge is -2.31. The van der Waals surface area contributed by atoms with Crippen LogP contribution in [-0.2, 0) is 6.54 Å². The molecule has 0 aromatic carbocycles. The zero-order valence-corrected chi connectivity index (χ0v) is 16.4. The predicted molar refractivity (Wildman–Crippen MR) is 102 cm³/mol. The van der Waals surface area contributed by atoms with Gasteiger partial charge in [-0.15, -0.1) is 5.10 Å². The van der Waals surface area contributed by atoms with Crippen LogP contribution in [0.25, 0.3) is 10.6 Å². The van der Waals surface area contributed by atoms with Gasteiger partial charge in [-0.05, 0) is 70.4 Å². The van der Waals surface area contributed by atoms with Gasteiger partial charge in [0, 0.05) is 36.5 Å². The summed E-state index contributed by atoms with van der Waals surface area (Å²) in [6.07, 6.45) is 4.39. The van der Waals surface area contributed by atoms with Crippen molar-refractivity contribution < 1.29 is 4.52 Å². The highest BCUT2D eigenvalue weighted by atomic mass is 32.1. The number of likely N-dealkylation sites (tertiary alicyclic amines) is 1. The summed E-state index contributed by atoms with van der Waals surface area (Å²) in [6.45, 7) is 9.59. The van der Waals surface area contributed by atoms with Gasteiger partial charge in [0.25, 0.3) is 0 Å². The summed E-state index contributed by atoms with van der Waals surface area (Å²) in [6, 6.07) is 6.86. The van der Waals surface area contributed by atoms with Gasteiger partial charge >= 0.3 is 0 Å². The molecule has 0 bridgehead atoms. The Morgan fingerprint density at radius 1 is 1.31 bits per heavy atom. The summed E-state index contributed by atoms with van der Waals surface area (Å²) in [4.78, 5) is 3.58. The van der Waals surface area contributed by atoms with Crippen molar-refractivity contribution in [1.29, 1.82) is 0 Å². The number of piperidine rings is 1. The Bertz CT molecular complexity index is 857. The van der Waals surface area contributed by atoms with Crippen LogP contribution in [0.5, 0.6) is 0 Å². The van der Waals surface area contributed by atoms with E-state index in [2.05, 4.69) is 56.4 Å². The van der Waals surface area contributed by atoms with Gasteiger partial charge < -0.3 is 9.09 Å². The number of nitrogens with zero attached hydrogens (tertiary/aromatic N) is 5. The fourth-order valence-corrected chi connectivity index (χ4v) is 4.46. The second-order valence-corrected chi connectivity index (χ2v) is 8.12. The lowest BCUT2D eigenvalue weighted by molar-refractivity contribution is 0.198. The van der Waals surface area contributed by atoms with Crippen molar-refractivity contribution in [2.75, 3.05) is 13.1 Å². The van der Waals surface area contributed by atoms with Gasteiger partial charge in [-0.2, -0.15) is 0 Å². The number of aromatic nitrogens is 4. The van der Waals surface area contributed by atoms with Crippen molar-refractivity contribution in [2.45, 2.75) is 52.1 Å². The van der Waals surface area contributed by atoms with Crippen molar-refractivity contribution in [2.24, 2.45) is 0 Å². The zero-order chi connectivity index (χ0) is 18.1. The van der Waals surface area contributed by atoms with Gasteiger partial charge in [-0.3, -0.25) is 4.90 Å². The molecule has 138 valence electrons. The Morgan fingerprint density at radius 3 is 2.81 bits per heavy atom. The molecule has 1 saturated heterocycles. The minimum atomic E-state index is 0.447. The van der Waals surface area contributed by atoms with Crippen LogP contribution in [0.2, 0.25) is 0 Å². The van der Waals surface area contributed by atoms with E-state index in [1.807, 2.05) is 13.0 Å². The molecule has 0 saturated carbocycles. The van der Waals surface area contributed by atoms with Crippen molar-refractivity contribution in [3.05, 3.63) is 41.5 Å². The highest BCUT2D eigenvalue weighted by molar-refractivity contribution is 7.09. The van der Waals surface area contributed by atoms with E-state index in [-0.39, 0.29) is 0 Å². The van der Waals surface area contributed by atoms with E-state index in [4.69, 9.17) is 4.52 Å². The second-order valence-electron chi connectivity index (χ2n) is 7.37. The molecule has 0 spiro atoms. The Kier molecular flexibility index (Phi) is 4.91. The average Bonchev–Trinajstić information content (AvgIpc) is 3.35. The molecule has 0 atom stereocenters. The molecule has 7 heteroatoms. The summed E-state index contributed by atoms with van der Waals surface area (Å²) in [5.41, 5.74) is 3.37. The van der Waals surface area contributed by atoms with E-state index < -0.39 is 0 Å². The van der Waals surface area contributed by atoms with Crippen LogP contribution in [0.4, 0.5) is 0 Å². The van der Waals surface area contributed by atoms with E-state index in [0.717, 1.165) is 54.5 Å². The first-order chi connectivity index (χ1) is 12.6. The molecule has 6 nitrogen and oxygen atoms in total. The van der Waals surface area contributed by atoms with Crippen LogP contribution < -0.4 is 0 Å². The zero-order valence-electron chi connectivity index (χ0n) is 15.6. The number of rotatable bonds is 5. The van der Waals surface area contributed by atoms with Crippen LogP contribution in [-0.4, -0.2) is 37.3 Å². The van der Waals surface area contributed by atoms with E-state index >= 15 is 0 Å². The molecular formula is C19H25N5OS. The highest BCUT2D eigenvalue weighted by Crippen LogP contribution is 2.36. The third-order valence-electron chi connectivity index (χ3n) is 5.15. The molecule has 1 aliphatic rings. The van der Waals surface area contributed by atoms with Gasteiger partial charge in [-0.25, -0.2) is 0 Å². The maximum Gasteiger partial charge on any atom is 0.180 e. The summed E-state index contributed by atoms with van der Waals surface area (Å²) in [5.74, 6) is 1.24. The Hall–Kier alpha value is -1.99. The quantitative estimate of drug-likeness (QED) is 0.670. The van der Waals surface area contributed by atoms with E-state index in [1.165, 1.54) is 17.2 Å². The van der Waals surface area contributed by atoms with Gasteiger partial charge in [-0.1, -0.05) is 9.64 Å². The Labute approximate surface area is 158 Å². The standard InChI is InChI=1S/C19H25N5OS/c1-13(2)24-8-4-5-16(24)12-23-9-6-15(7-10-23)18-19(26-22-20-18)17-11-14(3)21-25-17/h4-5,8,11,13,15H,6-7,9-10,12H2,1-3H3. The van der Waals surface area contributed by atoms with Crippen molar-refractivity contribution in [3.63, 3.8) is 0 Å². The van der Waals surface area contributed by atoms with Gasteiger partial charge in [0.05, 0.1) is 11.4 Å².